The highest BCUT2D eigenvalue weighted by molar-refractivity contribution is 5.77. The van der Waals surface area contributed by atoms with Crippen LogP contribution in [-0.2, 0) is 12.8 Å². The second-order valence-electron chi connectivity index (χ2n) is 5.45. The summed E-state index contributed by atoms with van der Waals surface area (Å²) in [6.45, 7) is 1.09. The molecule has 0 atom stereocenters. The maximum atomic E-state index is 5.90. The van der Waals surface area contributed by atoms with Gasteiger partial charge in [-0.25, -0.2) is 0 Å². The minimum atomic E-state index is 0.863. The average Bonchev–Trinajstić information content (AvgIpc) is 2.89. The number of anilines is 1. The minimum Gasteiger partial charge on any atom is -0.461 e. The fourth-order valence-electron chi connectivity index (χ4n) is 2.96. The first-order valence-corrected chi connectivity index (χ1v) is 7.22. The van der Waals surface area contributed by atoms with Crippen LogP contribution in [0.25, 0.3) is 11.0 Å². The summed E-state index contributed by atoms with van der Waals surface area (Å²) in [7, 11) is 0. The summed E-state index contributed by atoms with van der Waals surface area (Å²) in [5.41, 5.74) is 5.03. The Morgan fingerprint density at radius 3 is 2.95 bits per heavy atom. The average molecular weight is 263 g/mol. The van der Waals surface area contributed by atoms with Crippen molar-refractivity contribution < 1.29 is 4.42 Å². The van der Waals surface area contributed by atoms with E-state index in [1.165, 1.54) is 35.0 Å². The monoisotopic (exact) mass is 263 g/mol. The lowest BCUT2D eigenvalue weighted by molar-refractivity contribution is 0.562. The summed E-state index contributed by atoms with van der Waals surface area (Å²) in [5.74, 6) is 1.04. The van der Waals surface area contributed by atoms with Crippen molar-refractivity contribution in [2.24, 2.45) is 0 Å². The fraction of sp³-hybridized carbons (Fsp3) is 0.222. The summed E-state index contributed by atoms with van der Waals surface area (Å²) in [6.07, 6.45) is 3.26. The van der Waals surface area contributed by atoms with E-state index in [0.717, 1.165) is 24.3 Å². The highest BCUT2D eigenvalue weighted by Crippen LogP contribution is 2.26. The third-order valence-electron chi connectivity index (χ3n) is 3.96. The molecule has 0 aliphatic carbocycles. The summed E-state index contributed by atoms with van der Waals surface area (Å²) >= 11 is 0. The summed E-state index contributed by atoms with van der Waals surface area (Å²) in [5, 5.41) is 4.63. The Hall–Kier alpha value is -2.22. The molecule has 0 bridgehead atoms. The van der Waals surface area contributed by atoms with Gasteiger partial charge in [-0.3, -0.25) is 0 Å². The second-order valence-corrected chi connectivity index (χ2v) is 5.45. The predicted octanol–water partition coefficient (Wildman–Crippen LogP) is 4.38. The zero-order valence-corrected chi connectivity index (χ0v) is 11.4. The van der Waals surface area contributed by atoms with E-state index < -0.39 is 0 Å². The third-order valence-corrected chi connectivity index (χ3v) is 3.96. The number of furan rings is 1. The molecule has 0 unspecified atom stereocenters. The van der Waals surface area contributed by atoms with Crippen molar-refractivity contribution in [1.82, 2.24) is 0 Å². The van der Waals surface area contributed by atoms with E-state index in [1.54, 1.807) is 0 Å². The van der Waals surface area contributed by atoms with Crippen LogP contribution in [0.15, 0.2) is 52.9 Å². The van der Waals surface area contributed by atoms with Gasteiger partial charge in [0.05, 0.1) is 0 Å². The van der Waals surface area contributed by atoms with Gasteiger partial charge in [-0.1, -0.05) is 30.3 Å². The van der Waals surface area contributed by atoms with Gasteiger partial charge < -0.3 is 9.73 Å². The fourth-order valence-corrected chi connectivity index (χ4v) is 2.96. The van der Waals surface area contributed by atoms with Crippen LogP contribution in [0.4, 0.5) is 5.69 Å². The molecule has 0 fully saturated rings. The smallest absolute Gasteiger partial charge is 0.134 e. The third kappa shape index (κ3) is 2.07. The highest BCUT2D eigenvalue weighted by Gasteiger charge is 2.10. The molecule has 1 aliphatic heterocycles. The van der Waals surface area contributed by atoms with E-state index >= 15 is 0 Å². The van der Waals surface area contributed by atoms with Gasteiger partial charge in [-0.15, -0.1) is 0 Å². The zero-order chi connectivity index (χ0) is 13.4. The van der Waals surface area contributed by atoms with E-state index in [-0.39, 0.29) is 0 Å². The molecular weight excluding hydrogens is 246 g/mol. The van der Waals surface area contributed by atoms with Crippen molar-refractivity contribution in [3.05, 3.63) is 65.4 Å². The van der Waals surface area contributed by atoms with Gasteiger partial charge in [0.2, 0.25) is 0 Å². The molecule has 2 heterocycles. The van der Waals surface area contributed by atoms with Gasteiger partial charge in [0.25, 0.3) is 0 Å². The number of hydrogen-bond donors (Lipinski definition) is 1. The molecule has 1 aromatic heterocycles. The lowest BCUT2D eigenvalue weighted by atomic mass is 9.99. The Bertz CT molecular complexity index is 724. The summed E-state index contributed by atoms with van der Waals surface area (Å²) in [4.78, 5) is 0. The molecule has 0 spiro atoms. The van der Waals surface area contributed by atoms with Crippen molar-refractivity contribution in [2.75, 3.05) is 11.9 Å². The van der Waals surface area contributed by atoms with Crippen molar-refractivity contribution in [3.63, 3.8) is 0 Å². The molecule has 2 heteroatoms. The number of fused-ring (bicyclic) bond motifs is 2. The van der Waals surface area contributed by atoms with Crippen LogP contribution in [-0.4, -0.2) is 6.54 Å². The predicted molar refractivity (Wildman–Crippen MR) is 82.3 cm³/mol. The van der Waals surface area contributed by atoms with Gasteiger partial charge in [-0.2, -0.15) is 0 Å². The summed E-state index contributed by atoms with van der Waals surface area (Å²) < 4.78 is 5.90. The number of hydrogen-bond acceptors (Lipinski definition) is 2. The van der Waals surface area contributed by atoms with Crippen molar-refractivity contribution >= 4 is 16.7 Å². The van der Waals surface area contributed by atoms with E-state index in [9.17, 15) is 0 Å². The van der Waals surface area contributed by atoms with Crippen molar-refractivity contribution in [2.45, 2.75) is 19.3 Å². The highest BCUT2D eigenvalue weighted by atomic mass is 16.3. The minimum absolute atomic E-state index is 0.863. The Balaban J connectivity index is 1.65. The van der Waals surface area contributed by atoms with Crippen molar-refractivity contribution in [3.8, 4) is 0 Å². The molecule has 0 saturated carbocycles. The maximum Gasteiger partial charge on any atom is 0.134 e. The first kappa shape index (κ1) is 11.6. The van der Waals surface area contributed by atoms with Crippen LogP contribution in [0.5, 0.6) is 0 Å². The van der Waals surface area contributed by atoms with Gasteiger partial charge in [-0.05, 0) is 42.2 Å². The number of benzene rings is 2. The summed E-state index contributed by atoms with van der Waals surface area (Å²) in [6, 6.07) is 17.0. The zero-order valence-electron chi connectivity index (χ0n) is 11.4. The number of nitrogens with one attached hydrogen (secondary N) is 1. The second kappa shape index (κ2) is 4.71. The van der Waals surface area contributed by atoms with Crippen LogP contribution >= 0.6 is 0 Å². The molecule has 100 valence electrons. The van der Waals surface area contributed by atoms with Gasteiger partial charge in [0.15, 0.2) is 0 Å². The van der Waals surface area contributed by atoms with Gasteiger partial charge in [0, 0.05) is 24.0 Å². The van der Waals surface area contributed by atoms with Crippen LogP contribution in [0.2, 0.25) is 0 Å². The number of para-hydroxylation sites is 1. The quantitative estimate of drug-likeness (QED) is 0.742. The van der Waals surface area contributed by atoms with E-state index in [4.69, 9.17) is 4.42 Å². The number of rotatable bonds is 2. The first-order chi connectivity index (χ1) is 9.88. The van der Waals surface area contributed by atoms with E-state index in [2.05, 4.69) is 35.6 Å². The molecular formula is C18H17NO. The maximum absolute atomic E-state index is 5.90. The Kier molecular flexibility index (Phi) is 2.73. The molecule has 0 saturated heterocycles. The van der Waals surface area contributed by atoms with Crippen LogP contribution in [0, 0.1) is 0 Å². The molecule has 20 heavy (non-hydrogen) atoms. The van der Waals surface area contributed by atoms with Crippen LogP contribution in [0.3, 0.4) is 0 Å². The van der Waals surface area contributed by atoms with Crippen LogP contribution in [0.1, 0.15) is 23.3 Å². The SMILES string of the molecule is c1ccc2oc(Cc3ccc4c(c3)CCCN4)cc2c1. The Labute approximate surface area is 118 Å². The normalized spacial score (nSPS) is 14.0. The number of aryl methyl sites for hydroxylation is 1. The Morgan fingerprint density at radius 2 is 2.00 bits per heavy atom. The molecule has 3 aromatic rings. The van der Waals surface area contributed by atoms with Crippen molar-refractivity contribution in [1.29, 1.82) is 0 Å². The lowest BCUT2D eigenvalue weighted by Gasteiger charge is -2.18. The first-order valence-electron chi connectivity index (χ1n) is 7.22. The molecule has 1 N–H and O–H groups in total. The van der Waals surface area contributed by atoms with E-state index in [1.807, 2.05) is 18.2 Å². The molecule has 2 nitrogen and oxygen atoms in total. The molecule has 1 aliphatic rings. The van der Waals surface area contributed by atoms with E-state index in [0.29, 0.717) is 0 Å². The Morgan fingerprint density at radius 1 is 1.05 bits per heavy atom. The molecule has 0 radical (unpaired) electrons. The topological polar surface area (TPSA) is 25.2 Å². The molecule has 4 rings (SSSR count). The molecule has 0 amide bonds. The lowest BCUT2D eigenvalue weighted by Crippen LogP contribution is -2.11. The molecule has 2 aromatic carbocycles. The van der Waals surface area contributed by atoms with Gasteiger partial charge in [0.1, 0.15) is 11.3 Å². The van der Waals surface area contributed by atoms with Crippen LogP contribution < -0.4 is 5.32 Å². The largest absolute Gasteiger partial charge is 0.461 e. The van der Waals surface area contributed by atoms with Gasteiger partial charge >= 0.3 is 0 Å². The standard InChI is InChI=1S/C18H17NO/c1-2-6-18-15(4-1)12-16(20-18)11-13-7-8-17-14(10-13)5-3-9-19-17/h1-2,4,6-8,10,12,19H,3,5,9,11H2.